The highest BCUT2D eigenvalue weighted by Crippen LogP contribution is 2.25. The van der Waals surface area contributed by atoms with Crippen LogP contribution in [0.5, 0.6) is 0 Å². The van der Waals surface area contributed by atoms with Crippen molar-refractivity contribution in [2.45, 2.75) is 18.6 Å². The summed E-state index contributed by atoms with van der Waals surface area (Å²) in [5.41, 5.74) is 0. The van der Waals surface area contributed by atoms with Crippen molar-refractivity contribution in [2.24, 2.45) is 0 Å². The maximum Gasteiger partial charge on any atom is 0.289 e. The summed E-state index contributed by atoms with van der Waals surface area (Å²) >= 11 is 0. The van der Waals surface area contributed by atoms with Gasteiger partial charge in [0, 0.05) is 19.6 Å². The van der Waals surface area contributed by atoms with Gasteiger partial charge in [-0.25, -0.2) is 8.42 Å². The number of furan rings is 1. The lowest BCUT2D eigenvalue weighted by Gasteiger charge is -2.45. The Kier molecular flexibility index (Phi) is 3.76. The van der Waals surface area contributed by atoms with Crippen LogP contribution in [0.15, 0.2) is 22.8 Å². The van der Waals surface area contributed by atoms with Gasteiger partial charge in [0.25, 0.3) is 5.91 Å². The summed E-state index contributed by atoms with van der Waals surface area (Å²) in [5.74, 6) is 0.0635. The van der Waals surface area contributed by atoms with E-state index in [4.69, 9.17) is 9.15 Å². The van der Waals surface area contributed by atoms with E-state index in [2.05, 4.69) is 0 Å². The van der Waals surface area contributed by atoms with E-state index in [1.165, 1.54) is 16.8 Å². The predicted octanol–water partition coefficient (Wildman–Crippen LogP) is 0.154. The minimum absolute atomic E-state index is 0.144. The third-order valence-electron chi connectivity index (χ3n) is 3.98. The average molecular weight is 314 g/mol. The molecule has 0 N–H and O–H groups in total. The number of morpholine rings is 1. The van der Waals surface area contributed by atoms with Gasteiger partial charge in [0.1, 0.15) is 0 Å². The van der Waals surface area contributed by atoms with Crippen LogP contribution < -0.4 is 0 Å². The fourth-order valence-corrected chi connectivity index (χ4v) is 4.09. The van der Waals surface area contributed by atoms with Gasteiger partial charge in [-0.05, 0) is 18.6 Å². The summed E-state index contributed by atoms with van der Waals surface area (Å²) in [6, 6.07) is 2.95. The van der Waals surface area contributed by atoms with Crippen LogP contribution in [0, 0.1) is 0 Å². The molecule has 0 bridgehead atoms. The number of carbonyl (C=O) groups is 1. The van der Waals surface area contributed by atoms with Gasteiger partial charge < -0.3 is 14.1 Å². The quantitative estimate of drug-likeness (QED) is 0.776. The highest BCUT2D eigenvalue weighted by molar-refractivity contribution is 7.88. The Labute approximate surface area is 123 Å². The number of hydrogen-bond donors (Lipinski definition) is 0. The molecule has 1 aromatic heterocycles. The van der Waals surface area contributed by atoms with Crippen molar-refractivity contribution in [3.05, 3.63) is 24.2 Å². The molecule has 8 heteroatoms. The van der Waals surface area contributed by atoms with Crippen molar-refractivity contribution in [3.8, 4) is 0 Å². The van der Waals surface area contributed by atoms with Crippen LogP contribution in [0.3, 0.4) is 0 Å². The molecule has 0 aromatic carbocycles. The number of sulfonamides is 1. The molecule has 0 unspecified atom stereocenters. The van der Waals surface area contributed by atoms with Crippen LogP contribution in [0.2, 0.25) is 0 Å². The maximum atomic E-state index is 12.3. The predicted molar refractivity (Wildman–Crippen MR) is 74.3 cm³/mol. The van der Waals surface area contributed by atoms with E-state index in [0.717, 1.165) is 0 Å². The molecule has 116 valence electrons. The van der Waals surface area contributed by atoms with E-state index in [0.29, 0.717) is 32.7 Å². The van der Waals surface area contributed by atoms with E-state index >= 15 is 0 Å². The fraction of sp³-hybridized carbons (Fsp3) is 0.615. The molecular formula is C13H18N2O5S. The molecule has 0 aliphatic carbocycles. The largest absolute Gasteiger partial charge is 0.459 e. The van der Waals surface area contributed by atoms with Crippen LogP contribution in [-0.4, -0.2) is 68.2 Å². The first-order chi connectivity index (χ1) is 9.97. The lowest BCUT2D eigenvalue weighted by Crippen LogP contribution is -2.61. The standard InChI is InChI=1S/C13H18N2O5S/c1-21(17,18)15-6-8-20-11-4-5-14(9-10(11)15)13(16)12-3-2-7-19-12/h2-3,7,10-11H,4-6,8-9H2,1H3/t10-,11-/m0/s1. The number of fused-ring (bicyclic) bond motifs is 1. The topological polar surface area (TPSA) is 80.1 Å². The monoisotopic (exact) mass is 314 g/mol. The zero-order valence-electron chi connectivity index (χ0n) is 11.8. The van der Waals surface area contributed by atoms with Crippen molar-refractivity contribution in [1.29, 1.82) is 0 Å². The number of ether oxygens (including phenoxy) is 1. The lowest BCUT2D eigenvalue weighted by atomic mass is 10.0. The highest BCUT2D eigenvalue weighted by Gasteiger charge is 2.42. The molecule has 2 atom stereocenters. The number of carbonyl (C=O) groups excluding carboxylic acids is 1. The summed E-state index contributed by atoms with van der Waals surface area (Å²) in [6.45, 7) is 1.61. The molecule has 0 radical (unpaired) electrons. The molecule has 2 saturated heterocycles. The first-order valence-corrected chi connectivity index (χ1v) is 8.73. The van der Waals surface area contributed by atoms with Gasteiger partial charge >= 0.3 is 0 Å². The molecule has 1 aromatic rings. The van der Waals surface area contributed by atoms with Crippen molar-refractivity contribution in [1.82, 2.24) is 9.21 Å². The zero-order chi connectivity index (χ0) is 15.0. The zero-order valence-corrected chi connectivity index (χ0v) is 12.6. The molecule has 2 fully saturated rings. The van der Waals surface area contributed by atoms with Gasteiger partial charge in [-0.1, -0.05) is 0 Å². The first-order valence-electron chi connectivity index (χ1n) is 6.88. The minimum Gasteiger partial charge on any atom is -0.459 e. The third kappa shape index (κ3) is 2.83. The summed E-state index contributed by atoms with van der Waals surface area (Å²) in [7, 11) is -3.31. The van der Waals surface area contributed by atoms with Gasteiger partial charge in [0.15, 0.2) is 5.76 Å². The Hall–Kier alpha value is -1.38. The minimum atomic E-state index is -3.31. The Morgan fingerprint density at radius 1 is 1.38 bits per heavy atom. The van der Waals surface area contributed by atoms with E-state index in [1.54, 1.807) is 17.0 Å². The number of nitrogens with zero attached hydrogens (tertiary/aromatic N) is 2. The number of amides is 1. The first kappa shape index (κ1) is 14.6. The molecule has 3 rings (SSSR count). The molecule has 1 amide bonds. The Balaban J connectivity index is 1.79. The van der Waals surface area contributed by atoms with Crippen LogP contribution in [0.25, 0.3) is 0 Å². The van der Waals surface area contributed by atoms with Crippen LogP contribution >= 0.6 is 0 Å². The van der Waals surface area contributed by atoms with Gasteiger partial charge in [0.2, 0.25) is 10.0 Å². The van der Waals surface area contributed by atoms with E-state index in [-0.39, 0.29) is 23.8 Å². The average Bonchev–Trinajstić information content (AvgIpc) is 2.98. The number of likely N-dealkylation sites (tertiary alicyclic amines) is 1. The van der Waals surface area contributed by atoms with Gasteiger partial charge in [0.05, 0.1) is 31.3 Å². The van der Waals surface area contributed by atoms with Crippen molar-refractivity contribution in [2.75, 3.05) is 32.5 Å². The molecule has 7 nitrogen and oxygen atoms in total. The van der Waals surface area contributed by atoms with E-state index in [1.807, 2.05) is 0 Å². The Bertz CT molecular complexity index is 613. The van der Waals surface area contributed by atoms with Crippen LogP contribution in [0.1, 0.15) is 17.0 Å². The molecule has 21 heavy (non-hydrogen) atoms. The SMILES string of the molecule is CS(=O)(=O)N1CCO[C@H]2CCN(C(=O)c3ccco3)C[C@@H]21. The lowest BCUT2D eigenvalue weighted by molar-refractivity contribution is -0.0707. The van der Waals surface area contributed by atoms with Gasteiger partial charge in [-0.2, -0.15) is 4.31 Å². The molecule has 0 saturated carbocycles. The van der Waals surface area contributed by atoms with Crippen LogP contribution in [-0.2, 0) is 14.8 Å². The van der Waals surface area contributed by atoms with E-state index in [9.17, 15) is 13.2 Å². The number of rotatable bonds is 2. The summed E-state index contributed by atoms with van der Waals surface area (Å²) < 4.78 is 36.0. The second kappa shape index (κ2) is 5.43. The molecule has 2 aliphatic rings. The summed E-state index contributed by atoms with van der Waals surface area (Å²) in [6.07, 6.45) is 3.13. The maximum absolute atomic E-state index is 12.3. The van der Waals surface area contributed by atoms with Crippen molar-refractivity contribution in [3.63, 3.8) is 0 Å². The van der Waals surface area contributed by atoms with Gasteiger partial charge in [-0.3, -0.25) is 4.79 Å². The molecular weight excluding hydrogens is 296 g/mol. The summed E-state index contributed by atoms with van der Waals surface area (Å²) in [5, 5.41) is 0. The van der Waals surface area contributed by atoms with Crippen molar-refractivity contribution >= 4 is 15.9 Å². The Morgan fingerprint density at radius 2 is 2.19 bits per heavy atom. The molecule has 3 heterocycles. The number of hydrogen-bond acceptors (Lipinski definition) is 5. The normalized spacial score (nSPS) is 27.4. The second-order valence-electron chi connectivity index (χ2n) is 5.37. The van der Waals surface area contributed by atoms with Crippen molar-refractivity contribution < 1.29 is 22.4 Å². The van der Waals surface area contributed by atoms with Gasteiger partial charge in [-0.15, -0.1) is 0 Å². The smallest absolute Gasteiger partial charge is 0.289 e. The Morgan fingerprint density at radius 3 is 2.86 bits per heavy atom. The fourth-order valence-electron chi connectivity index (χ4n) is 2.99. The van der Waals surface area contributed by atoms with Crippen LogP contribution in [0.4, 0.5) is 0 Å². The third-order valence-corrected chi connectivity index (χ3v) is 5.28. The molecule has 2 aliphatic heterocycles. The summed E-state index contributed by atoms with van der Waals surface area (Å²) in [4.78, 5) is 13.9. The number of piperidine rings is 1. The van der Waals surface area contributed by atoms with E-state index < -0.39 is 10.0 Å². The highest BCUT2D eigenvalue weighted by atomic mass is 32.2. The molecule has 0 spiro atoms. The second-order valence-corrected chi connectivity index (χ2v) is 7.30.